The van der Waals surface area contributed by atoms with Gasteiger partial charge in [-0.3, -0.25) is 9.59 Å². The van der Waals surface area contributed by atoms with Crippen LogP contribution in [0.3, 0.4) is 0 Å². The SMILES string of the molecule is COC(=O)CCCCNC(=O)C1CCN(S(=O)(=O)c2ccc(C)cc2)CC1. The molecule has 27 heavy (non-hydrogen) atoms. The number of benzene rings is 1. The number of esters is 1. The van der Waals surface area contributed by atoms with Crippen molar-refractivity contribution in [1.29, 1.82) is 0 Å². The molecule has 0 saturated carbocycles. The Labute approximate surface area is 161 Å². The largest absolute Gasteiger partial charge is 0.469 e. The number of unbranched alkanes of at least 4 members (excludes halogenated alkanes) is 1. The molecule has 1 aromatic carbocycles. The lowest BCUT2D eigenvalue weighted by atomic mass is 9.97. The molecule has 1 heterocycles. The van der Waals surface area contributed by atoms with Gasteiger partial charge in [-0.1, -0.05) is 17.7 Å². The quantitative estimate of drug-likeness (QED) is 0.535. The van der Waals surface area contributed by atoms with Crippen molar-refractivity contribution in [2.75, 3.05) is 26.7 Å². The number of aryl methyl sites for hydroxylation is 1. The van der Waals surface area contributed by atoms with Crippen LogP contribution in [0.2, 0.25) is 0 Å². The molecular weight excluding hydrogens is 368 g/mol. The summed E-state index contributed by atoms with van der Waals surface area (Å²) in [6.07, 6.45) is 2.75. The van der Waals surface area contributed by atoms with Crippen molar-refractivity contribution in [3.8, 4) is 0 Å². The average Bonchev–Trinajstić information content (AvgIpc) is 2.67. The van der Waals surface area contributed by atoms with Crippen LogP contribution < -0.4 is 5.32 Å². The third-order valence-corrected chi connectivity index (χ3v) is 6.73. The monoisotopic (exact) mass is 396 g/mol. The Hall–Kier alpha value is -1.93. The number of sulfonamides is 1. The second-order valence-corrected chi connectivity index (χ2v) is 8.75. The number of hydrogen-bond donors (Lipinski definition) is 1. The maximum atomic E-state index is 12.7. The number of piperidine rings is 1. The molecule has 0 spiro atoms. The normalized spacial score (nSPS) is 16.1. The van der Waals surface area contributed by atoms with Crippen molar-refractivity contribution < 1.29 is 22.7 Å². The predicted molar refractivity (Wildman–Crippen MR) is 102 cm³/mol. The summed E-state index contributed by atoms with van der Waals surface area (Å²) in [5, 5.41) is 2.88. The third kappa shape index (κ3) is 6.04. The molecule has 1 N–H and O–H groups in total. The van der Waals surface area contributed by atoms with Gasteiger partial charge in [0.2, 0.25) is 15.9 Å². The van der Waals surface area contributed by atoms with Gasteiger partial charge in [0.05, 0.1) is 12.0 Å². The standard InChI is InChI=1S/C19H28N2O5S/c1-15-6-8-17(9-7-15)27(24,25)21-13-10-16(11-14-21)19(23)20-12-4-3-5-18(22)26-2/h6-9,16H,3-5,10-14H2,1-2H3,(H,20,23). The second-order valence-electron chi connectivity index (χ2n) is 6.82. The molecule has 0 aliphatic carbocycles. The fourth-order valence-electron chi connectivity index (χ4n) is 3.07. The van der Waals surface area contributed by atoms with Gasteiger partial charge in [-0.15, -0.1) is 0 Å². The van der Waals surface area contributed by atoms with Crippen LogP contribution in [0.15, 0.2) is 29.2 Å². The molecular formula is C19H28N2O5S. The van der Waals surface area contributed by atoms with E-state index in [1.54, 1.807) is 24.3 Å². The zero-order valence-corrected chi connectivity index (χ0v) is 16.8. The van der Waals surface area contributed by atoms with Gasteiger partial charge in [-0.05, 0) is 44.7 Å². The topological polar surface area (TPSA) is 92.8 Å². The summed E-state index contributed by atoms with van der Waals surface area (Å²) in [5.41, 5.74) is 1.01. The maximum absolute atomic E-state index is 12.7. The van der Waals surface area contributed by atoms with Crippen molar-refractivity contribution in [2.45, 2.75) is 43.9 Å². The van der Waals surface area contributed by atoms with Crippen LogP contribution >= 0.6 is 0 Å². The number of nitrogens with one attached hydrogen (secondary N) is 1. The highest BCUT2D eigenvalue weighted by Gasteiger charge is 2.31. The average molecular weight is 397 g/mol. The van der Waals surface area contributed by atoms with Gasteiger partial charge in [0, 0.05) is 32.0 Å². The number of methoxy groups -OCH3 is 1. The molecule has 1 aliphatic heterocycles. The van der Waals surface area contributed by atoms with E-state index in [0.29, 0.717) is 56.6 Å². The van der Waals surface area contributed by atoms with Gasteiger partial charge < -0.3 is 10.1 Å². The van der Waals surface area contributed by atoms with Crippen LogP contribution in [0.25, 0.3) is 0 Å². The van der Waals surface area contributed by atoms with Crippen molar-refractivity contribution in [2.24, 2.45) is 5.92 Å². The number of amides is 1. The lowest BCUT2D eigenvalue weighted by Crippen LogP contribution is -2.43. The molecule has 0 radical (unpaired) electrons. The molecule has 0 aromatic heterocycles. The molecule has 1 fully saturated rings. The lowest BCUT2D eigenvalue weighted by Gasteiger charge is -2.30. The first kappa shape index (κ1) is 21.4. The van der Waals surface area contributed by atoms with E-state index in [9.17, 15) is 18.0 Å². The number of carbonyl (C=O) groups excluding carboxylic acids is 2. The Balaban J connectivity index is 1.76. The zero-order chi connectivity index (χ0) is 19.9. The Morgan fingerprint density at radius 2 is 1.78 bits per heavy atom. The minimum absolute atomic E-state index is 0.0412. The van der Waals surface area contributed by atoms with Crippen LogP contribution in [-0.2, 0) is 24.3 Å². The molecule has 2 rings (SSSR count). The molecule has 1 aromatic rings. The maximum Gasteiger partial charge on any atom is 0.305 e. The van der Waals surface area contributed by atoms with Gasteiger partial charge in [-0.2, -0.15) is 4.31 Å². The lowest BCUT2D eigenvalue weighted by molar-refractivity contribution is -0.140. The van der Waals surface area contributed by atoms with Crippen molar-refractivity contribution in [3.05, 3.63) is 29.8 Å². The molecule has 1 aliphatic rings. The highest BCUT2D eigenvalue weighted by Crippen LogP contribution is 2.24. The molecule has 1 saturated heterocycles. The number of rotatable bonds is 8. The van der Waals surface area contributed by atoms with Crippen LogP contribution in [0.4, 0.5) is 0 Å². The van der Waals surface area contributed by atoms with Gasteiger partial charge in [0.15, 0.2) is 0 Å². The van der Waals surface area contributed by atoms with Gasteiger partial charge >= 0.3 is 5.97 Å². The minimum atomic E-state index is -3.51. The first-order chi connectivity index (χ1) is 12.8. The van der Waals surface area contributed by atoms with E-state index >= 15 is 0 Å². The Morgan fingerprint density at radius 3 is 2.37 bits per heavy atom. The number of ether oxygens (including phenoxy) is 1. The van der Waals surface area contributed by atoms with E-state index in [2.05, 4.69) is 10.1 Å². The van der Waals surface area contributed by atoms with E-state index in [0.717, 1.165) is 5.56 Å². The molecule has 8 heteroatoms. The van der Waals surface area contributed by atoms with Crippen LogP contribution in [0.1, 0.15) is 37.7 Å². The van der Waals surface area contributed by atoms with Crippen LogP contribution in [-0.4, -0.2) is 51.3 Å². The Kier molecular flexibility index (Phi) is 7.79. The number of hydrogen-bond acceptors (Lipinski definition) is 5. The molecule has 150 valence electrons. The molecule has 7 nitrogen and oxygen atoms in total. The van der Waals surface area contributed by atoms with Crippen molar-refractivity contribution in [1.82, 2.24) is 9.62 Å². The fraction of sp³-hybridized carbons (Fsp3) is 0.579. The Morgan fingerprint density at radius 1 is 1.15 bits per heavy atom. The number of nitrogens with zero attached hydrogens (tertiary/aromatic N) is 1. The zero-order valence-electron chi connectivity index (χ0n) is 15.9. The van der Waals surface area contributed by atoms with Gasteiger partial charge in [0.25, 0.3) is 0 Å². The first-order valence-corrected chi connectivity index (χ1v) is 10.7. The summed E-state index contributed by atoms with van der Waals surface area (Å²) >= 11 is 0. The van der Waals surface area contributed by atoms with Crippen molar-refractivity contribution in [3.63, 3.8) is 0 Å². The Bertz CT molecular complexity index is 738. The van der Waals surface area contributed by atoms with E-state index in [1.165, 1.54) is 11.4 Å². The summed E-state index contributed by atoms with van der Waals surface area (Å²) < 4.78 is 31.4. The highest BCUT2D eigenvalue weighted by molar-refractivity contribution is 7.89. The highest BCUT2D eigenvalue weighted by atomic mass is 32.2. The summed E-state index contributed by atoms with van der Waals surface area (Å²) in [6, 6.07) is 6.82. The van der Waals surface area contributed by atoms with Crippen molar-refractivity contribution >= 4 is 21.9 Å². The number of carbonyl (C=O) groups is 2. The van der Waals surface area contributed by atoms with E-state index in [-0.39, 0.29) is 17.8 Å². The van der Waals surface area contributed by atoms with Crippen LogP contribution in [0.5, 0.6) is 0 Å². The fourth-order valence-corrected chi connectivity index (χ4v) is 4.54. The van der Waals surface area contributed by atoms with Gasteiger partial charge in [-0.25, -0.2) is 8.42 Å². The van der Waals surface area contributed by atoms with Gasteiger partial charge in [0.1, 0.15) is 0 Å². The third-order valence-electron chi connectivity index (χ3n) is 4.82. The van der Waals surface area contributed by atoms with E-state index in [4.69, 9.17) is 0 Å². The molecule has 0 unspecified atom stereocenters. The predicted octanol–water partition coefficient (Wildman–Crippen LogP) is 1.86. The minimum Gasteiger partial charge on any atom is -0.469 e. The first-order valence-electron chi connectivity index (χ1n) is 9.26. The molecule has 1 amide bonds. The smallest absolute Gasteiger partial charge is 0.305 e. The molecule has 0 bridgehead atoms. The summed E-state index contributed by atoms with van der Waals surface area (Å²) in [4.78, 5) is 23.6. The summed E-state index contributed by atoms with van der Waals surface area (Å²) in [6.45, 7) is 3.11. The van der Waals surface area contributed by atoms with E-state index in [1.807, 2.05) is 6.92 Å². The summed E-state index contributed by atoms with van der Waals surface area (Å²) in [5.74, 6) is -0.459. The summed E-state index contributed by atoms with van der Waals surface area (Å²) in [7, 11) is -2.15. The van der Waals surface area contributed by atoms with E-state index < -0.39 is 10.0 Å². The van der Waals surface area contributed by atoms with Crippen LogP contribution in [0, 0.1) is 12.8 Å². The molecule has 0 atom stereocenters. The second kappa shape index (κ2) is 9.85.